The van der Waals surface area contributed by atoms with Crippen molar-refractivity contribution in [1.29, 1.82) is 0 Å². The van der Waals surface area contributed by atoms with Crippen LogP contribution in [-0.4, -0.2) is 49.4 Å². The molecular weight excluding hydrogens is 377 g/mol. The van der Waals surface area contributed by atoms with Gasteiger partial charge in [-0.3, -0.25) is 14.7 Å². The molecule has 1 unspecified atom stereocenters. The lowest BCUT2D eigenvalue weighted by molar-refractivity contribution is -0.138. The van der Waals surface area contributed by atoms with E-state index < -0.39 is 35.3 Å². The van der Waals surface area contributed by atoms with Crippen LogP contribution in [-0.2, 0) is 11.0 Å². The monoisotopic (exact) mass is 392 g/mol. The van der Waals surface area contributed by atoms with E-state index in [-0.39, 0.29) is 13.1 Å². The molecule has 11 heteroatoms. The number of halogens is 3. The lowest BCUT2D eigenvalue weighted by atomic mass is 10.1. The number of pyridine rings is 1. The number of rotatable bonds is 2. The van der Waals surface area contributed by atoms with E-state index >= 15 is 0 Å². The molecule has 146 valence electrons. The van der Waals surface area contributed by atoms with E-state index in [9.17, 15) is 22.8 Å². The summed E-state index contributed by atoms with van der Waals surface area (Å²) in [6.45, 7) is 1.86. The number of carbonyl (C=O) groups excluding carboxylic acids is 2. The SMILES string of the molecule is Cc1nc2ccccn2c1C1C(=O)NCCN1C(=O)c1[nH]ncc1C(F)(F)F. The molecule has 0 aromatic carbocycles. The fourth-order valence-corrected chi connectivity index (χ4v) is 3.43. The third-order valence-electron chi connectivity index (χ3n) is 4.64. The second kappa shape index (κ2) is 6.36. The zero-order valence-corrected chi connectivity index (χ0v) is 14.6. The van der Waals surface area contributed by atoms with E-state index in [1.54, 1.807) is 35.7 Å². The largest absolute Gasteiger partial charge is 0.420 e. The molecule has 0 saturated carbocycles. The second-order valence-electron chi connectivity index (χ2n) is 6.36. The zero-order valence-electron chi connectivity index (χ0n) is 14.6. The number of aromatic nitrogens is 4. The third kappa shape index (κ3) is 2.79. The number of amides is 2. The smallest absolute Gasteiger partial charge is 0.352 e. The Morgan fingerprint density at radius 3 is 2.86 bits per heavy atom. The number of alkyl halides is 3. The summed E-state index contributed by atoms with van der Waals surface area (Å²) in [6.07, 6.45) is -2.50. The molecule has 1 atom stereocenters. The van der Waals surface area contributed by atoms with Crippen molar-refractivity contribution in [3.63, 3.8) is 0 Å². The minimum absolute atomic E-state index is 0.0467. The van der Waals surface area contributed by atoms with Gasteiger partial charge in [0.1, 0.15) is 16.9 Å². The molecule has 0 bridgehead atoms. The van der Waals surface area contributed by atoms with Crippen LogP contribution in [0.4, 0.5) is 13.2 Å². The van der Waals surface area contributed by atoms with Crippen molar-refractivity contribution in [3.05, 3.63) is 53.2 Å². The molecule has 1 fully saturated rings. The number of carbonyl (C=O) groups is 2. The van der Waals surface area contributed by atoms with E-state index in [1.165, 1.54) is 0 Å². The Bertz CT molecular complexity index is 1070. The summed E-state index contributed by atoms with van der Waals surface area (Å²) in [5.74, 6) is -1.43. The fourth-order valence-electron chi connectivity index (χ4n) is 3.43. The maximum absolute atomic E-state index is 13.2. The van der Waals surface area contributed by atoms with Crippen molar-refractivity contribution in [2.45, 2.75) is 19.1 Å². The molecule has 4 heterocycles. The van der Waals surface area contributed by atoms with Crippen LogP contribution >= 0.6 is 0 Å². The number of aryl methyl sites for hydroxylation is 1. The Hall–Kier alpha value is -3.37. The Morgan fingerprint density at radius 1 is 1.32 bits per heavy atom. The normalized spacial score (nSPS) is 17.8. The number of nitrogens with zero attached hydrogens (tertiary/aromatic N) is 4. The summed E-state index contributed by atoms with van der Waals surface area (Å²) >= 11 is 0. The van der Waals surface area contributed by atoms with Crippen LogP contribution in [0.15, 0.2) is 30.6 Å². The average molecular weight is 392 g/mol. The van der Waals surface area contributed by atoms with Gasteiger partial charge in [-0.05, 0) is 19.1 Å². The van der Waals surface area contributed by atoms with E-state index in [2.05, 4.69) is 20.5 Å². The van der Waals surface area contributed by atoms with Crippen molar-refractivity contribution in [2.24, 2.45) is 0 Å². The van der Waals surface area contributed by atoms with Crippen molar-refractivity contribution < 1.29 is 22.8 Å². The van der Waals surface area contributed by atoms with Gasteiger partial charge in [-0.25, -0.2) is 4.98 Å². The summed E-state index contributed by atoms with van der Waals surface area (Å²) in [5.41, 5.74) is -0.366. The minimum atomic E-state index is -4.75. The summed E-state index contributed by atoms with van der Waals surface area (Å²) in [7, 11) is 0. The Kier molecular flexibility index (Phi) is 4.09. The molecule has 28 heavy (non-hydrogen) atoms. The first-order valence-electron chi connectivity index (χ1n) is 8.42. The number of H-pyrrole nitrogens is 1. The summed E-state index contributed by atoms with van der Waals surface area (Å²) < 4.78 is 41.3. The first-order valence-corrected chi connectivity index (χ1v) is 8.42. The van der Waals surface area contributed by atoms with Gasteiger partial charge < -0.3 is 14.6 Å². The number of nitrogens with one attached hydrogen (secondary N) is 2. The van der Waals surface area contributed by atoms with Crippen LogP contribution in [0.5, 0.6) is 0 Å². The standard InChI is InChI=1S/C17H15F3N6O2/c1-9-13(25-6-3-2-4-11(25)23-9)14-15(27)21-5-7-26(14)16(28)12-10(8-22-24-12)17(18,19)20/h2-4,6,8,14H,5,7H2,1H3,(H,21,27)(H,22,24). The number of piperazine rings is 1. The molecule has 1 saturated heterocycles. The van der Waals surface area contributed by atoms with Crippen molar-refractivity contribution >= 4 is 17.5 Å². The van der Waals surface area contributed by atoms with Gasteiger partial charge in [0.2, 0.25) is 5.91 Å². The third-order valence-corrected chi connectivity index (χ3v) is 4.64. The zero-order chi connectivity index (χ0) is 20.1. The van der Waals surface area contributed by atoms with Gasteiger partial charge in [0.25, 0.3) is 5.91 Å². The highest BCUT2D eigenvalue weighted by molar-refractivity contribution is 5.98. The Labute approximate surface area is 156 Å². The molecule has 0 radical (unpaired) electrons. The van der Waals surface area contributed by atoms with Gasteiger partial charge >= 0.3 is 6.18 Å². The molecule has 4 rings (SSSR count). The van der Waals surface area contributed by atoms with Gasteiger partial charge in [-0.15, -0.1) is 0 Å². The van der Waals surface area contributed by atoms with Crippen molar-refractivity contribution in [2.75, 3.05) is 13.1 Å². The molecule has 1 aliphatic rings. The molecule has 1 aliphatic heterocycles. The van der Waals surface area contributed by atoms with Crippen molar-refractivity contribution in [3.8, 4) is 0 Å². The van der Waals surface area contributed by atoms with Gasteiger partial charge in [-0.1, -0.05) is 6.07 Å². The highest BCUT2D eigenvalue weighted by Crippen LogP contribution is 2.34. The summed E-state index contributed by atoms with van der Waals surface area (Å²) in [5, 5.41) is 8.16. The first-order chi connectivity index (χ1) is 13.3. The van der Waals surface area contributed by atoms with E-state index in [0.29, 0.717) is 23.2 Å². The minimum Gasteiger partial charge on any atom is -0.352 e. The number of aromatic amines is 1. The van der Waals surface area contributed by atoms with Crippen LogP contribution < -0.4 is 5.32 Å². The van der Waals surface area contributed by atoms with Crippen LogP contribution in [0.25, 0.3) is 5.65 Å². The lowest BCUT2D eigenvalue weighted by Crippen LogP contribution is -2.53. The molecular formula is C17H15F3N6O2. The molecule has 0 aliphatic carbocycles. The maximum Gasteiger partial charge on any atom is 0.420 e. The van der Waals surface area contributed by atoms with Gasteiger partial charge in [0.05, 0.1) is 17.6 Å². The molecule has 3 aromatic heterocycles. The summed E-state index contributed by atoms with van der Waals surface area (Å²) in [4.78, 5) is 31.1. The van der Waals surface area contributed by atoms with E-state index in [0.717, 1.165) is 4.90 Å². The average Bonchev–Trinajstić information content (AvgIpc) is 3.25. The molecule has 0 spiro atoms. The predicted molar refractivity (Wildman–Crippen MR) is 90.3 cm³/mol. The number of hydrogen-bond acceptors (Lipinski definition) is 4. The summed E-state index contributed by atoms with van der Waals surface area (Å²) in [6, 6.07) is 4.12. The lowest BCUT2D eigenvalue weighted by Gasteiger charge is -2.35. The van der Waals surface area contributed by atoms with Gasteiger partial charge in [0, 0.05) is 19.3 Å². The quantitative estimate of drug-likeness (QED) is 0.694. The Balaban J connectivity index is 1.82. The van der Waals surface area contributed by atoms with E-state index in [1.807, 2.05) is 0 Å². The highest BCUT2D eigenvalue weighted by atomic mass is 19.4. The van der Waals surface area contributed by atoms with Crippen LogP contribution in [0, 0.1) is 6.92 Å². The molecule has 2 N–H and O–H groups in total. The van der Waals surface area contributed by atoms with Gasteiger partial charge in [-0.2, -0.15) is 18.3 Å². The second-order valence-corrected chi connectivity index (χ2v) is 6.36. The van der Waals surface area contributed by atoms with Crippen LogP contribution in [0.1, 0.15) is 33.5 Å². The van der Waals surface area contributed by atoms with Crippen LogP contribution in [0.2, 0.25) is 0 Å². The first kappa shape index (κ1) is 18.0. The van der Waals surface area contributed by atoms with Gasteiger partial charge in [0.15, 0.2) is 6.04 Å². The molecule has 8 nitrogen and oxygen atoms in total. The van der Waals surface area contributed by atoms with Crippen LogP contribution in [0.3, 0.4) is 0 Å². The molecule has 2 amide bonds. The predicted octanol–water partition coefficient (Wildman–Crippen LogP) is 1.70. The number of fused-ring (bicyclic) bond motifs is 1. The maximum atomic E-state index is 13.2. The number of hydrogen-bond donors (Lipinski definition) is 2. The van der Waals surface area contributed by atoms with Crippen molar-refractivity contribution in [1.82, 2.24) is 29.8 Å². The highest BCUT2D eigenvalue weighted by Gasteiger charge is 2.43. The Morgan fingerprint density at radius 2 is 2.11 bits per heavy atom. The topological polar surface area (TPSA) is 95.4 Å². The number of imidazole rings is 1. The van der Waals surface area contributed by atoms with E-state index in [4.69, 9.17) is 0 Å². The molecule has 3 aromatic rings. The fraction of sp³-hybridized carbons (Fsp3) is 0.294.